The number of carboxylic acid groups (broad SMARTS) is 1. The Labute approximate surface area is 81.0 Å². The molecule has 0 amide bonds. The lowest BCUT2D eigenvalue weighted by Gasteiger charge is -2.09. The third-order valence-corrected chi connectivity index (χ3v) is 1.76. The zero-order valence-electron chi connectivity index (χ0n) is 7.90. The van der Waals surface area contributed by atoms with E-state index >= 15 is 0 Å². The van der Waals surface area contributed by atoms with Gasteiger partial charge >= 0.3 is 5.97 Å². The van der Waals surface area contributed by atoms with Crippen LogP contribution in [-0.2, 0) is 0 Å². The second-order valence-electron chi connectivity index (χ2n) is 2.60. The fraction of sp³-hybridized carbons (Fsp3) is 0.222. The van der Waals surface area contributed by atoms with E-state index in [2.05, 4.69) is 0 Å². The Morgan fingerprint density at radius 2 is 2.00 bits per heavy atom. The van der Waals surface area contributed by atoms with E-state index in [4.69, 9.17) is 20.3 Å². The smallest absolute Gasteiger partial charge is 0.339 e. The molecule has 0 saturated heterocycles. The Balaban J connectivity index is 3.35. The number of ether oxygens (including phenoxy) is 2. The van der Waals surface area contributed by atoms with Crippen LogP contribution in [0.4, 0.5) is 5.69 Å². The Morgan fingerprint density at radius 1 is 1.36 bits per heavy atom. The van der Waals surface area contributed by atoms with Crippen molar-refractivity contribution in [2.75, 3.05) is 20.0 Å². The summed E-state index contributed by atoms with van der Waals surface area (Å²) in [6.07, 6.45) is 0. The molecule has 1 aromatic carbocycles. The molecule has 0 radical (unpaired) electrons. The Kier molecular flexibility index (Phi) is 2.81. The largest absolute Gasteiger partial charge is 0.497 e. The number of benzene rings is 1. The van der Waals surface area contributed by atoms with Gasteiger partial charge in [-0.1, -0.05) is 0 Å². The SMILES string of the molecule is COc1cc(N)c(OC)c(C(=O)O)c1. The molecule has 1 aromatic rings. The summed E-state index contributed by atoms with van der Waals surface area (Å²) in [6, 6.07) is 2.86. The van der Waals surface area contributed by atoms with Crippen molar-refractivity contribution in [2.24, 2.45) is 0 Å². The number of nitrogens with two attached hydrogens (primary N) is 1. The molecule has 0 aliphatic rings. The molecule has 0 aromatic heterocycles. The number of anilines is 1. The van der Waals surface area contributed by atoms with E-state index < -0.39 is 5.97 Å². The molecule has 0 heterocycles. The number of methoxy groups -OCH3 is 2. The lowest BCUT2D eigenvalue weighted by molar-refractivity contribution is 0.0693. The molecule has 76 valence electrons. The molecule has 0 aliphatic heterocycles. The number of nitrogen functional groups attached to an aromatic ring is 1. The molecular weight excluding hydrogens is 186 g/mol. The van der Waals surface area contributed by atoms with Crippen LogP contribution in [0.3, 0.4) is 0 Å². The molecule has 1 rings (SSSR count). The molecule has 14 heavy (non-hydrogen) atoms. The van der Waals surface area contributed by atoms with Gasteiger partial charge in [0.15, 0.2) is 5.75 Å². The fourth-order valence-corrected chi connectivity index (χ4v) is 1.13. The van der Waals surface area contributed by atoms with Gasteiger partial charge in [0, 0.05) is 6.07 Å². The summed E-state index contributed by atoms with van der Waals surface area (Å²) >= 11 is 0. The van der Waals surface area contributed by atoms with Crippen LogP contribution in [0.2, 0.25) is 0 Å². The first-order valence-electron chi connectivity index (χ1n) is 3.85. The minimum absolute atomic E-state index is 0.00986. The first-order valence-corrected chi connectivity index (χ1v) is 3.85. The van der Waals surface area contributed by atoms with Crippen LogP contribution in [0, 0.1) is 0 Å². The number of rotatable bonds is 3. The highest BCUT2D eigenvalue weighted by Crippen LogP contribution is 2.31. The average Bonchev–Trinajstić information content (AvgIpc) is 2.16. The van der Waals surface area contributed by atoms with Crippen molar-refractivity contribution in [1.82, 2.24) is 0 Å². The zero-order valence-corrected chi connectivity index (χ0v) is 7.90. The van der Waals surface area contributed by atoms with Crippen LogP contribution in [0.5, 0.6) is 11.5 Å². The Bertz CT molecular complexity index is 362. The molecule has 5 heteroatoms. The van der Waals surface area contributed by atoms with Crippen molar-refractivity contribution in [2.45, 2.75) is 0 Å². The van der Waals surface area contributed by atoms with E-state index in [1.54, 1.807) is 0 Å². The molecule has 0 spiro atoms. The predicted octanol–water partition coefficient (Wildman–Crippen LogP) is 0.984. The van der Waals surface area contributed by atoms with Crippen LogP contribution >= 0.6 is 0 Å². The van der Waals surface area contributed by atoms with Gasteiger partial charge in [-0.25, -0.2) is 4.79 Å². The van der Waals surface area contributed by atoms with Crippen molar-refractivity contribution in [3.63, 3.8) is 0 Å². The van der Waals surface area contributed by atoms with Gasteiger partial charge in [0.05, 0.1) is 19.9 Å². The Hall–Kier alpha value is -1.91. The summed E-state index contributed by atoms with van der Waals surface area (Å²) in [5, 5.41) is 8.85. The van der Waals surface area contributed by atoms with E-state index in [9.17, 15) is 4.79 Å². The first-order chi connectivity index (χ1) is 6.60. The van der Waals surface area contributed by atoms with Gasteiger partial charge in [-0.3, -0.25) is 0 Å². The predicted molar refractivity (Wildman–Crippen MR) is 50.9 cm³/mol. The summed E-state index contributed by atoms with van der Waals surface area (Å²) in [7, 11) is 2.80. The van der Waals surface area contributed by atoms with E-state index in [-0.39, 0.29) is 17.0 Å². The minimum Gasteiger partial charge on any atom is -0.497 e. The Morgan fingerprint density at radius 3 is 2.43 bits per heavy atom. The zero-order chi connectivity index (χ0) is 10.7. The molecule has 5 nitrogen and oxygen atoms in total. The van der Waals surface area contributed by atoms with E-state index in [1.807, 2.05) is 0 Å². The van der Waals surface area contributed by atoms with Crippen LogP contribution in [0.25, 0.3) is 0 Å². The van der Waals surface area contributed by atoms with Crippen molar-refractivity contribution >= 4 is 11.7 Å². The van der Waals surface area contributed by atoms with Crippen molar-refractivity contribution < 1.29 is 19.4 Å². The second-order valence-corrected chi connectivity index (χ2v) is 2.60. The summed E-state index contributed by atoms with van der Waals surface area (Å²) in [5.74, 6) is -0.563. The monoisotopic (exact) mass is 197 g/mol. The van der Waals surface area contributed by atoms with Gasteiger partial charge in [-0.2, -0.15) is 0 Å². The van der Waals surface area contributed by atoms with Gasteiger partial charge in [0.2, 0.25) is 0 Å². The van der Waals surface area contributed by atoms with Gasteiger partial charge < -0.3 is 20.3 Å². The van der Waals surface area contributed by atoms with E-state index in [1.165, 1.54) is 26.4 Å². The number of hydrogen-bond donors (Lipinski definition) is 2. The standard InChI is InChI=1S/C9H11NO4/c1-13-5-3-6(9(11)12)8(14-2)7(10)4-5/h3-4H,10H2,1-2H3,(H,11,12). The molecule has 0 aliphatic carbocycles. The summed E-state index contributed by atoms with van der Waals surface area (Å²) < 4.78 is 9.76. The first kappa shape index (κ1) is 10.2. The van der Waals surface area contributed by atoms with Gasteiger partial charge in [-0.15, -0.1) is 0 Å². The summed E-state index contributed by atoms with van der Waals surface area (Å²) in [6.45, 7) is 0. The van der Waals surface area contributed by atoms with Gasteiger partial charge in [0.1, 0.15) is 11.3 Å². The quantitative estimate of drug-likeness (QED) is 0.706. The molecule has 0 unspecified atom stereocenters. The van der Waals surface area contributed by atoms with Gasteiger partial charge in [-0.05, 0) is 6.07 Å². The molecule has 0 atom stereocenters. The highest BCUT2D eigenvalue weighted by Gasteiger charge is 2.15. The van der Waals surface area contributed by atoms with Crippen LogP contribution in [-0.4, -0.2) is 25.3 Å². The molecule has 0 bridgehead atoms. The average molecular weight is 197 g/mol. The number of hydrogen-bond acceptors (Lipinski definition) is 4. The number of carboxylic acids is 1. The summed E-state index contributed by atoms with van der Waals surface area (Å²) in [4.78, 5) is 10.8. The maximum Gasteiger partial charge on any atom is 0.339 e. The van der Waals surface area contributed by atoms with E-state index in [0.29, 0.717) is 5.75 Å². The number of carbonyl (C=O) groups is 1. The topological polar surface area (TPSA) is 81.8 Å². The molecule has 0 fully saturated rings. The maximum atomic E-state index is 10.8. The van der Waals surface area contributed by atoms with Gasteiger partial charge in [0.25, 0.3) is 0 Å². The summed E-state index contributed by atoms with van der Waals surface area (Å²) in [5.41, 5.74) is 5.81. The van der Waals surface area contributed by atoms with E-state index in [0.717, 1.165) is 0 Å². The maximum absolute atomic E-state index is 10.8. The lowest BCUT2D eigenvalue weighted by atomic mass is 10.1. The molecule has 0 saturated carbocycles. The molecule has 3 N–H and O–H groups in total. The van der Waals surface area contributed by atoms with Crippen LogP contribution in [0.1, 0.15) is 10.4 Å². The second kappa shape index (κ2) is 3.87. The van der Waals surface area contributed by atoms with Crippen molar-refractivity contribution in [3.8, 4) is 11.5 Å². The third kappa shape index (κ3) is 1.71. The minimum atomic E-state index is -1.10. The lowest BCUT2D eigenvalue weighted by Crippen LogP contribution is -2.04. The highest BCUT2D eigenvalue weighted by atomic mass is 16.5. The molecular formula is C9H11NO4. The van der Waals surface area contributed by atoms with Crippen LogP contribution < -0.4 is 15.2 Å². The van der Waals surface area contributed by atoms with Crippen molar-refractivity contribution in [1.29, 1.82) is 0 Å². The van der Waals surface area contributed by atoms with Crippen molar-refractivity contribution in [3.05, 3.63) is 17.7 Å². The third-order valence-electron chi connectivity index (χ3n) is 1.76. The number of aromatic carboxylic acids is 1. The fourth-order valence-electron chi connectivity index (χ4n) is 1.13. The normalized spacial score (nSPS) is 9.57. The highest BCUT2D eigenvalue weighted by molar-refractivity contribution is 5.93. The van der Waals surface area contributed by atoms with Crippen LogP contribution in [0.15, 0.2) is 12.1 Å².